The molecular formula is C16H12INO2. The van der Waals surface area contributed by atoms with Gasteiger partial charge in [0.2, 0.25) is 11.8 Å². The molecule has 0 spiro atoms. The molecule has 1 fully saturated rings. The van der Waals surface area contributed by atoms with Crippen LogP contribution in [0.3, 0.4) is 0 Å². The van der Waals surface area contributed by atoms with Crippen molar-refractivity contribution in [2.45, 2.75) is 12.3 Å². The minimum Gasteiger partial charge on any atom is -0.274 e. The van der Waals surface area contributed by atoms with Gasteiger partial charge in [0, 0.05) is 9.99 Å². The van der Waals surface area contributed by atoms with Crippen LogP contribution in [0.15, 0.2) is 54.6 Å². The van der Waals surface area contributed by atoms with E-state index in [1.165, 1.54) is 4.90 Å². The molecule has 0 bridgehead atoms. The summed E-state index contributed by atoms with van der Waals surface area (Å²) in [6.07, 6.45) is 0.244. The van der Waals surface area contributed by atoms with E-state index in [-0.39, 0.29) is 24.2 Å². The largest absolute Gasteiger partial charge is 0.274 e. The van der Waals surface area contributed by atoms with Gasteiger partial charge < -0.3 is 0 Å². The SMILES string of the molecule is O=C1CC(c2ccccc2)C(=O)N1c1ccccc1I. The van der Waals surface area contributed by atoms with Gasteiger partial charge in [0.05, 0.1) is 11.6 Å². The molecule has 2 amide bonds. The Hall–Kier alpha value is -1.69. The molecule has 1 aliphatic heterocycles. The highest BCUT2D eigenvalue weighted by molar-refractivity contribution is 14.1. The number of rotatable bonds is 2. The Morgan fingerprint density at radius 3 is 2.30 bits per heavy atom. The number of benzene rings is 2. The van der Waals surface area contributed by atoms with Gasteiger partial charge in [-0.25, -0.2) is 4.90 Å². The van der Waals surface area contributed by atoms with Crippen LogP contribution in [0.25, 0.3) is 0 Å². The number of anilines is 1. The van der Waals surface area contributed by atoms with E-state index in [2.05, 4.69) is 22.6 Å². The van der Waals surface area contributed by atoms with Crippen LogP contribution in [0.2, 0.25) is 0 Å². The average molecular weight is 377 g/mol. The monoisotopic (exact) mass is 377 g/mol. The highest BCUT2D eigenvalue weighted by Gasteiger charge is 2.40. The van der Waals surface area contributed by atoms with Crippen molar-refractivity contribution in [1.29, 1.82) is 0 Å². The molecule has 0 saturated carbocycles. The van der Waals surface area contributed by atoms with Crippen LogP contribution in [0.4, 0.5) is 5.69 Å². The van der Waals surface area contributed by atoms with Crippen LogP contribution >= 0.6 is 22.6 Å². The van der Waals surface area contributed by atoms with Gasteiger partial charge >= 0.3 is 0 Å². The second-order valence-electron chi connectivity index (χ2n) is 4.69. The Labute approximate surface area is 130 Å². The second kappa shape index (κ2) is 5.36. The first-order chi connectivity index (χ1) is 9.68. The van der Waals surface area contributed by atoms with E-state index >= 15 is 0 Å². The van der Waals surface area contributed by atoms with Crippen LogP contribution in [-0.4, -0.2) is 11.8 Å². The van der Waals surface area contributed by atoms with E-state index < -0.39 is 0 Å². The molecule has 1 heterocycles. The lowest BCUT2D eigenvalue weighted by Crippen LogP contribution is -2.30. The van der Waals surface area contributed by atoms with Crippen molar-refractivity contribution in [1.82, 2.24) is 0 Å². The molecule has 1 saturated heterocycles. The first kappa shape index (κ1) is 13.3. The molecule has 1 atom stereocenters. The third-order valence-corrected chi connectivity index (χ3v) is 4.35. The number of nitrogens with zero attached hydrogens (tertiary/aromatic N) is 1. The lowest BCUT2D eigenvalue weighted by atomic mass is 9.98. The quantitative estimate of drug-likeness (QED) is 0.595. The minimum atomic E-state index is -0.361. The molecule has 0 radical (unpaired) electrons. The van der Waals surface area contributed by atoms with Gasteiger partial charge in [-0.3, -0.25) is 9.59 Å². The highest BCUT2D eigenvalue weighted by Crippen LogP contribution is 2.34. The fourth-order valence-corrected chi connectivity index (χ4v) is 3.09. The molecule has 3 nitrogen and oxygen atoms in total. The van der Waals surface area contributed by atoms with E-state index in [1.807, 2.05) is 54.6 Å². The number of hydrogen-bond acceptors (Lipinski definition) is 2. The Bertz CT molecular complexity index is 669. The zero-order valence-corrected chi connectivity index (χ0v) is 12.8. The number of halogens is 1. The molecule has 4 heteroatoms. The predicted molar refractivity (Wildman–Crippen MR) is 85.5 cm³/mol. The second-order valence-corrected chi connectivity index (χ2v) is 5.85. The third-order valence-electron chi connectivity index (χ3n) is 3.44. The molecule has 2 aromatic carbocycles. The van der Waals surface area contributed by atoms with Crippen LogP contribution in [-0.2, 0) is 9.59 Å². The summed E-state index contributed by atoms with van der Waals surface area (Å²) in [7, 11) is 0. The number of hydrogen-bond donors (Lipinski definition) is 0. The van der Waals surface area contributed by atoms with Crippen LogP contribution in [0, 0.1) is 3.57 Å². The molecule has 3 rings (SSSR count). The lowest BCUT2D eigenvalue weighted by Gasteiger charge is -2.16. The summed E-state index contributed by atoms with van der Waals surface area (Å²) < 4.78 is 0.903. The van der Waals surface area contributed by atoms with Gasteiger partial charge in [-0.05, 0) is 40.3 Å². The predicted octanol–water partition coefficient (Wildman–Crippen LogP) is 3.34. The van der Waals surface area contributed by atoms with E-state index in [0.717, 1.165) is 9.13 Å². The summed E-state index contributed by atoms with van der Waals surface area (Å²) in [5.41, 5.74) is 1.58. The maximum Gasteiger partial charge on any atom is 0.241 e. The van der Waals surface area contributed by atoms with Crippen molar-refractivity contribution in [2.75, 3.05) is 4.90 Å². The number of amides is 2. The van der Waals surface area contributed by atoms with Gasteiger partial charge in [0.25, 0.3) is 0 Å². The molecule has 2 aromatic rings. The maximum absolute atomic E-state index is 12.6. The summed E-state index contributed by atoms with van der Waals surface area (Å²) >= 11 is 2.15. The van der Waals surface area contributed by atoms with Gasteiger partial charge in [0.1, 0.15) is 0 Å². The molecule has 0 aliphatic carbocycles. The topological polar surface area (TPSA) is 37.4 Å². The first-order valence-electron chi connectivity index (χ1n) is 6.35. The van der Waals surface area contributed by atoms with Crippen molar-refractivity contribution in [2.24, 2.45) is 0 Å². The minimum absolute atomic E-state index is 0.132. The van der Waals surface area contributed by atoms with Crippen LogP contribution in [0.1, 0.15) is 17.9 Å². The lowest BCUT2D eigenvalue weighted by molar-refractivity contribution is -0.121. The number of carbonyl (C=O) groups is 2. The normalized spacial score (nSPS) is 18.6. The Balaban J connectivity index is 1.98. The van der Waals surface area contributed by atoms with Crippen LogP contribution < -0.4 is 4.90 Å². The van der Waals surface area contributed by atoms with Crippen molar-refractivity contribution in [3.8, 4) is 0 Å². The zero-order chi connectivity index (χ0) is 14.1. The van der Waals surface area contributed by atoms with E-state index in [4.69, 9.17) is 0 Å². The summed E-state index contributed by atoms with van der Waals surface area (Å²) in [5, 5.41) is 0. The molecule has 1 unspecified atom stereocenters. The van der Waals surface area contributed by atoms with E-state index in [9.17, 15) is 9.59 Å². The average Bonchev–Trinajstić information content (AvgIpc) is 2.76. The molecule has 0 aromatic heterocycles. The van der Waals surface area contributed by atoms with E-state index in [0.29, 0.717) is 5.69 Å². The Morgan fingerprint density at radius 2 is 1.60 bits per heavy atom. The third kappa shape index (κ3) is 2.24. The molecule has 20 heavy (non-hydrogen) atoms. The summed E-state index contributed by atoms with van der Waals surface area (Å²) in [6, 6.07) is 16.9. The van der Waals surface area contributed by atoms with Gasteiger partial charge in [0.15, 0.2) is 0 Å². The number of carbonyl (C=O) groups excluding carboxylic acids is 2. The summed E-state index contributed by atoms with van der Waals surface area (Å²) in [6.45, 7) is 0. The van der Waals surface area contributed by atoms with Gasteiger partial charge in [-0.1, -0.05) is 42.5 Å². The standard InChI is InChI=1S/C16H12INO2/c17-13-8-4-5-9-14(13)18-15(19)10-12(16(18)20)11-6-2-1-3-7-11/h1-9,12H,10H2. The first-order valence-corrected chi connectivity index (χ1v) is 7.42. The summed E-state index contributed by atoms with van der Waals surface area (Å²) in [5.74, 6) is -0.627. The van der Waals surface area contributed by atoms with Gasteiger partial charge in [-0.2, -0.15) is 0 Å². The van der Waals surface area contributed by atoms with Crippen molar-refractivity contribution < 1.29 is 9.59 Å². The smallest absolute Gasteiger partial charge is 0.241 e. The summed E-state index contributed by atoms with van der Waals surface area (Å²) in [4.78, 5) is 26.1. The zero-order valence-electron chi connectivity index (χ0n) is 10.6. The maximum atomic E-state index is 12.6. The van der Waals surface area contributed by atoms with Crippen LogP contribution in [0.5, 0.6) is 0 Å². The highest BCUT2D eigenvalue weighted by atomic mass is 127. The fourth-order valence-electron chi connectivity index (χ4n) is 2.46. The van der Waals surface area contributed by atoms with Gasteiger partial charge in [-0.15, -0.1) is 0 Å². The molecule has 0 N–H and O–H groups in total. The van der Waals surface area contributed by atoms with E-state index in [1.54, 1.807) is 0 Å². The van der Waals surface area contributed by atoms with Crippen molar-refractivity contribution in [3.63, 3.8) is 0 Å². The molecular weight excluding hydrogens is 365 g/mol. The molecule has 1 aliphatic rings. The fraction of sp³-hybridized carbons (Fsp3) is 0.125. The Kier molecular flexibility index (Phi) is 3.56. The van der Waals surface area contributed by atoms with Crippen molar-refractivity contribution in [3.05, 3.63) is 63.7 Å². The van der Waals surface area contributed by atoms with Crippen molar-refractivity contribution >= 4 is 40.1 Å². The number of imide groups is 1. The number of para-hydroxylation sites is 1. The molecule has 100 valence electrons. The Morgan fingerprint density at radius 1 is 0.950 bits per heavy atom.